The van der Waals surface area contributed by atoms with Gasteiger partial charge < -0.3 is 20.3 Å². The van der Waals surface area contributed by atoms with Crippen LogP contribution in [0.4, 0.5) is 89.5 Å². The number of anilines is 1. The predicted molar refractivity (Wildman–Crippen MR) is 152 cm³/mol. The van der Waals surface area contributed by atoms with Crippen LogP contribution in [0.5, 0.6) is 0 Å². The highest BCUT2D eigenvalue weighted by molar-refractivity contribution is 5.90. The Balaban J connectivity index is 2.47. The summed E-state index contributed by atoms with van der Waals surface area (Å²) in [6, 6.07) is -5.99. The number of ether oxygens (including phenoxy) is 1. The van der Waals surface area contributed by atoms with Crippen molar-refractivity contribution in [2.75, 3.05) is 33.1 Å². The third-order valence-electron chi connectivity index (χ3n) is 7.54. The van der Waals surface area contributed by atoms with Crippen LogP contribution >= 0.6 is 0 Å². The van der Waals surface area contributed by atoms with Gasteiger partial charge in [0.15, 0.2) is 0 Å². The highest BCUT2D eigenvalue weighted by Crippen LogP contribution is 2.46. The number of hydrogen-bond acceptors (Lipinski definition) is 3. The van der Waals surface area contributed by atoms with Crippen LogP contribution in [0.1, 0.15) is 44.5 Å². The number of likely N-dealkylation sites (N-methyl/N-ethyl adjacent to an activating group) is 1. The smallest absolute Gasteiger partial charge is 0.367 e. The molecule has 2 amide bonds. The van der Waals surface area contributed by atoms with Gasteiger partial charge in [0, 0.05) is 19.3 Å². The Morgan fingerprint density at radius 1 is 0.519 bits per heavy atom. The summed E-state index contributed by atoms with van der Waals surface area (Å²) < 4.78 is 254. The van der Waals surface area contributed by atoms with Gasteiger partial charge in [0.1, 0.15) is 5.60 Å². The molecule has 3 aromatic rings. The Hall–Kier alpha value is -4.41. The lowest BCUT2D eigenvalue weighted by atomic mass is 9.77. The molecule has 0 heterocycles. The molecule has 5 nitrogen and oxygen atoms in total. The number of nitrogens with zero attached hydrogens (tertiary/aromatic N) is 1. The number of carbonyl (C=O) groups excluding carboxylic acids is 1. The van der Waals surface area contributed by atoms with E-state index in [9.17, 15) is 83.8 Å². The van der Waals surface area contributed by atoms with E-state index in [1.807, 2.05) is 5.32 Å². The summed E-state index contributed by atoms with van der Waals surface area (Å²) in [7, 11) is 2.62. The van der Waals surface area contributed by atoms with E-state index in [1.165, 1.54) is 0 Å². The molecule has 0 fully saturated rings. The zero-order valence-corrected chi connectivity index (χ0v) is 27.0. The summed E-state index contributed by atoms with van der Waals surface area (Å²) in [6.07, 6.45) is -33.6. The zero-order chi connectivity index (χ0) is 41.6. The Labute approximate surface area is 291 Å². The Morgan fingerprint density at radius 3 is 1.02 bits per heavy atom. The molecule has 0 spiro atoms. The van der Waals surface area contributed by atoms with Crippen LogP contribution < -0.4 is 10.6 Å². The highest BCUT2D eigenvalue weighted by Gasteiger charge is 2.49. The van der Waals surface area contributed by atoms with Crippen molar-refractivity contribution in [1.82, 2.24) is 10.2 Å². The molecule has 3 rings (SSSR count). The lowest BCUT2D eigenvalue weighted by Gasteiger charge is -2.43. The summed E-state index contributed by atoms with van der Waals surface area (Å²) in [5.74, 6) is 0. The van der Waals surface area contributed by atoms with Crippen molar-refractivity contribution < 1.29 is 88.6 Å². The minimum absolute atomic E-state index is 0.00975. The van der Waals surface area contributed by atoms with E-state index < -0.39 is 124 Å². The Morgan fingerprint density at radius 2 is 0.778 bits per heavy atom. The lowest BCUT2D eigenvalue weighted by molar-refractivity contribution is -0.145. The molecule has 1 atom stereocenters. The molecule has 23 heteroatoms. The third kappa shape index (κ3) is 10.2. The molecule has 0 saturated heterocycles. The van der Waals surface area contributed by atoms with Crippen molar-refractivity contribution in [3.05, 3.63) is 99.1 Å². The molecular weight excluding hydrogens is 788 g/mol. The van der Waals surface area contributed by atoms with Crippen molar-refractivity contribution in [1.29, 1.82) is 0 Å². The van der Waals surface area contributed by atoms with Gasteiger partial charge in [-0.25, -0.2) is 4.79 Å². The minimum Gasteiger partial charge on any atom is -0.367 e. The molecular formula is C31H23F18N3O2. The molecule has 3 aromatic carbocycles. The number of carbonyl (C=O) groups is 1. The number of benzene rings is 3. The maximum Gasteiger partial charge on any atom is 0.416 e. The average molecular weight is 812 g/mol. The van der Waals surface area contributed by atoms with Gasteiger partial charge in [0.2, 0.25) is 0 Å². The van der Waals surface area contributed by atoms with Gasteiger partial charge >= 0.3 is 43.1 Å². The summed E-state index contributed by atoms with van der Waals surface area (Å²) in [5, 5.41) is 3.40. The van der Waals surface area contributed by atoms with Gasteiger partial charge in [-0.05, 0) is 79.8 Å². The maximum absolute atomic E-state index is 14.0. The molecule has 0 radical (unpaired) electrons. The van der Waals surface area contributed by atoms with E-state index in [0.29, 0.717) is 7.11 Å². The van der Waals surface area contributed by atoms with Gasteiger partial charge in [-0.3, -0.25) is 0 Å². The summed E-state index contributed by atoms with van der Waals surface area (Å²) in [4.78, 5) is 14.2. The highest BCUT2D eigenvalue weighted by atomic mass is 19.4. The number of methoxy groups -OCH3 is 1. The van der Waals surface area contributed by atoms with Crippen LogP contribution in [0.25, 0.3) is 0 Å². The van der Waals surface area contributed by atoms with Crippen molar-refractivity contribution in [2.45, 2.75) is 48.7 Å². The summed E-state index contributed by atoms with van der Waals surface area (Å²) in [5.41, 5.74) is -20.1. The third-order valence-corrected chi connectivity index (χ3v) is 7.54. The molecule has 0 aliphatic rings. The standard InChI is InChI=1S/C31H23F18N3O2/c1-52(2)13-23(51-24(53)50-22-11-20(30(44,45)46)10-21(12-22)31(47,48)49)25(54-3,14-4-16(26(32,33)34)8-17(5-14)27(35,36)37)15-6-18(28(38,39)40)9-19(7-15)29(41,42)43/h4-12,23H,13H2,1-3H3,(H2,50,51,53)/t23-/m1/s1. The van der Waals surface area contributed by atoms with Gasteiger partial charge in [0.25, 0.3) is 0 Å². The molecule has 0 aromatic heterocycles. The molecule has 0 bridgehead atoms. The second-order valence-electron chi connectivity index (χ2n) is 11.7. The number of urea groups is 1. The molecule has 300 valence electrons. The molecule has 0 unspecified atom stereocenters. The largest absolute Gasteiger partial charge is 0.416 e. The number of halogens is 18. The van der Waals surface area contributed by atoms with Gasteiger partial charge in [-0.15, -0.1) is 0 Å². The van der Waals surface area contributed by atoms with E-state index in [1.54, 1.807) is 5.32 Å². The van der Waals surface area contributed by atoms with E-state index in [0.717, 1.165) is 19.0 Å². The second kappa shape index (κ2) is 14.7. The maximum atomic E-state index is 14.0. The van der Waals surface area contributed by atoms with Gasteiger partial charge in [0.05, 0.1) is 39.4 Å². The fourth-order valence-electron chi connectivity index (χ4n) is 5.28. The normalized spacial score (nSPS) is 14.3. The first-order valence-electron chi connectivity index (χ1n) is 14.4. The summed E-state index contributed by atoms with van der Waals surface area (Å²) in [6.45, 7) is -0.952. The van der Waals surface area contributed by atoms with E-state index in [4.69, 9.17) is 4.74 Å². The van der Waals surface area contributed by atoms with Gasteiger partial charge in [-0.1, -0.05) is 0 Å². The number of amides is 2. The van der Waals surface area contributed by atoms with E-state index in [-0.39, 0.29) is 42.5 Å². The molecule has 2 N–H and O–H groups in total. The average Bonchev–Trinajstić information content (AvgIpc) is 2.98. The van der Waals surface area contributed by atoms with Crippen LogP contribution in [0.2, 0.25) is 0 Å². The van der Waals surface area contributed by atoms with Crippen LogP contribution in [-0.4, -0.2) is 44.7 Å². The topological polar surface area (TPSA) is 53.6 Å². The first kappa shape index (κ1) is 44.0. The second-order valence-corrected chi connectivity index (χ2v) is 11.7. The van der Waals surface area contributed by atoms with Crippen molar-refractivity contribution >= 4 is 11.7 Å². The van der Waals surface area contributed by atoms with E-state index >= 15 is 0 Å². The van der Waals surface area contributed by atoms with Crippen LogP contribution in [0, 0.1) is 0 Å². The quantitative estimate of drug-likeness (QED) is 0.223. The van der Waals surface area contributed by atoms with Crippen LogP contribution in [-0.2, 0) is 47.4 Å². The number of alkyl halides is 18. The Kier molecular flexibility index (Phi) is 12.0. The summed E-state index contributed by atoms with van der Waals surface area (Å²) >= 11 is 0. The minimum atomic E-state index is -5.66. The lowest BCUT2D eigenvalue weighted by Crippen LogP contribution is -2.57. The van der Waals surface area contributed by atoms with Crippen molar-refractivity contribution in [3.63, 3.8) is 0 Å². The molecule has 0 aliphatic carbocycles. The van der Waals surface area contributed by atoms with E-state index in [2.05, 4.69) is 0 Å². The predicted octanol–water partition coefficient (Wildman–Crippen LogP) is 10.4. The first-order chi connectivity index (χ1) is 24.2. The van der Waals surface area contributed by atoms with Gasteiger partial charge in [-0.2, -0.15) is 79.0 Å². The SMILES string of the molecule is COC(c1cc(C(F)(F)F)cc(C(F)(F)F)c1)(c1cc(C(F)(F)F)cc(C(F)(F)F)c1)[C@@H](CN(C)C)NC(=O)Nc1cc(C(F)(F)F)cc(C(F)(F)F)c1. The fourth-order valence-corrected chi connectivity index (χ4v) is 5.28. The number of nitrogens with one attached hydrogen (secondary N) is 2. The molecule has 0 aliphatic heterocycles. The Bertz CT molecular complexity index is 1650. The van der Waals surface area contributed by atoms with Crippen molar-refractivity contribution in [3.8, 4) is 0 Å². The molecule has 54 heavy (non-hydrogen) atoms. The van der Waals surface area contributed by atoms with Crippen LogP contribution in [0.15, 0.2) is 54.6 Å². The first-order valence-corrected chi connectivity index (χ1v) is 14.4. The monoisotopic (exact) mass is 811 g/mol. The fraction of sp³-hybridized carbons (Fsp3) is 0.387. The van der Waals surface area contributed by atoms with Crippen molar-refractivity contribution in [2.24, 2.45) is 0 Å². The zero-order valence-electron chi connectivity index (χ0n) is 27.0. The van der Waals surface area contributed by atoms with Crippen LogP contribution in [0.3, 0.4) is 0 Å². The molecule has 0 saturated carbocycles. The number of rotatable bonds is 8. The number of hydrogen-bond donors (Lipinski definition) is 2.